The number of hydrogen-bond donors (Lipinski definition) is 3. The number of carbonyl (C=O) groups is 2. The SMILES string of the molecule is COC(=O)c1ccccc1Nc1nncc(Nc2cccc(NC(C)=O)c2)n1. The number of benzene rings is 2. The molecule has 0 bridgehead atoms. The quantitative estimate of drug-likeness (QED) is 0.560. The van der Waals surface area contributed by atoms with Crippen molar-refractivity contribution in [1.29, 1.82) is 0 Å². The van der Waals surface area contributed by atoms with Gasteiger partial charge in [0.2, 0.25) is 11.9 Å². The Morgan fingerprint density at radius 1 is 1.00 bits per heavy atom. The van der Waals surface area contributed by atoms with E-state index in [1.165, 1.54) is 20.2 Å². The Morgan fingerprint density at radius 2 is 1.79 bits per heavy atom. The number of carbonyl (C=O) groups excluding carboxylic acids is 2. The van der Waals surface area contributed by atoms with Crippen molar-refractivity contribution in [3.8, 4) is 0 Å². The molecule has 0 unspecified atom stereocenters. The molecular formula is C19H18N6O3. The van der Waals surface area contributed by atoms with Gasteiger partial charge < -0.3 is 20.7 Å². The molecule has 0 fully saturated rings. The topological polar surface area (TPSA) is 118 Å². The van der Waals surface area contributed by atoms with Gasteiger partial charge in [0.15, 0.2) is 5.82 Å². The lowest BCUT2D eigenvalue weighted by Gasteiger charge is -2.11. The van der Waals surface area contributed by atoms with Crippen LogP contribution in [0.25, 0.3) is 0 Å². The van der Waals surface area contributed by atoms with Gasteiger partial charge in [-0.25, -0.2) is 4.79 Å². The third-order valence-electron chi connectivity index (χ3n) is 3.59. The first-order valence-electron chi connectivity index (χ1n) is 8.34. The summed E-state index contributed by atoms with van der Waals surface area (Å²) in [7, 11) is 1.32. The van der Waals surface area contributed by atoms with Gasteiger partial charge in [0.05, 0.1) is 24.6 Å². The van der Waals surface area contributed by atoms with Gasteiger partial charge in [0.1, 0.15) is 0 Å². The zero-order valence-corrected chi connectivity index (χ0v) is 15.3. The molecule has 142 valence electrons. The summed E-state index contributed by atoms with van der Waals surface area (Å²) >= 11 is 0. The first kappa shape index (κ1) is 18.8. The zero-order valence-electron chi connectivity index (χ0n) is 15.3. The van der Waals surface area contributed by atoms with E-state index < -0.39 is 5.97 Å². The third-order valence-corrected chi connectivity index (χ3v) is 3.59. The number of nitrogens with zero attached hydrogens (tertiary/aromatic N) is 3. The van der Waals surface area contributed by atoms with Gasteiger partial charge in [0, 0.05) is 18.3 Å². The van der Waals surface area contributed by atoms with Crippen LogP contribution in [0.5, 0.6) is 0 Å². The first-order chi connectivity index (χ1) is 13.5. The average molecular weight is 378 g/mol. The molecule has 1 heterocycles. The number of hydrogen-bond acceptors (Lipinski definition) is 8. The van der Waals surface area contributed by atoms with E-state index in [9.17, 15) is 9.59 Å². The van der Waals surface area contributed by atoms with Crippen LogP contribution in [0.2, 0.25) is 0 Å². The Kier molecular flexibility index (Phi) is 5.75. The van der Waals surface area contributed by atoms with Gasteiger partial charge in [-0.2, -0.15) is 10.1 Å². The Hall–Kier alpha value is -4.01. The average Bonchev–Trinajstić information content (AvgIpc) is 2.68. The molecule has 0 radical (unpaired) electrons. The summed E-state index contributed by atoms with van der Waals surface area (Å²) in [5.41, 5.74) is 2.23. The summed E-state index contributed by atoms with van der Waals surface area (Å²) in [4.78, 5) is 27.4. The Bertz CT molecular complexity index is 1010. The fraction of sp³-hybridized carbons (Fsp3) is 0.105. The van der Waals surface area contributed by atoms with E-state index in [2.05, 4.69) is 31.1 Å². The molecule has 3 rings (SSSR count). The molecule has 28 heavy (non-hydrogen) atoms. The van der Waals surface area contributed by atoms with E-state index in [4.69, 9.17) is 4.74 Å². The summed E-state index contributed by atoms with van der Waals surface area (Å²) in [6.45, 7) is 1.44. The largest absolute Gasteiger partial charge is 0.465 e. The fourth-order valence-corrected chi connectivity index (χ4v) is 2.44. The zero-order chi connectivity index (χ0) is 19.9. The maximum atomic E-state index is 11.9. The molecule has 0 saturated carbocycles. The Morgan fingerprint density at radius 3 is 2.57 bits per heavy atom. The van der Waals surface area contributed by atoms with Crippen LogP contribution in [0.3, 0.4) is 0 Å². The number of methoxy groups -OCH3 is 1. The summed E-state index contributed by atoms with van der Waals surface area (Å²) in [6, 6.07) is 14.0. The van der Waals surface area contributed by atoms with Crippen LogP contribution in [0.4, 0.5) is 28.8 Å². The standard InChI is InChI=1S/C19H18N6O3/c1-12(26)21-13-6-5-7-14(10-13)22-17-11-20-25-19(24-17)23-16-9-4-3-8-15(16)18(27)28-2/h3-11H,1-2H3,(H,21,26)(H2,22,23,24,25). The number of nitrogens with one attached hydrogen (secondary N) is 3. The van der Waals surface area contributed by atoms with Crippen molar-refractivity contribution in [3.63, 3.8) is 0 Å². The van der Waals surface area contributed by atoms with Gasteiger partial charge in [-0.05, 0) is 30.3 Å². The molecule has 9 heteroatoms. The normalized spacial score (nSPS) is 10.1. The smallest absolute Gasteiger partial charge is 0.339 e. The van der Waals surface area contributed by atoms with Crippen LogP contribution in [0.15, 0.2) is 54.7 Å². The summed E-state index contributed by atoms with van der Waals surface area (Å²) < 4.78 is 4.78. The minimum absolute atomic E-state index is 0.156. The van der Waals surface area contributed by atoms with Gasteiger partial charge >= 0.3 is 5.97 Å². The van der Waals surface area contributed by atoms with Crippen LogP contribution >= 0.6 is 0 Å². The minimum Gasteiger partial charge on any atom is -0.465 e. The molecule has 0 aliphatic heterocycles. The summed E-state index contributed by atoms with van der Waals surface area (Å²) in [5.74, 6) is 0.0177. The van der Waals surface area contributed by atoms with Crippen molar-refractivity contribution in [3.05, 3.63) is 60.3 Å². The second-order valence-corrected chi connectivity index (χ2v) is 5.71. The summed E-state index contributed by atoms with van der Waals surface area (Å²) in [6.07, 6.45) is 1.46. The predicted octanol–water partition coefficient (Wildman–Crippen LogP) is 3.10. The molecule has 9 nitrogen and oxygen atoms in total. The minimum atomic E-state index is -0.472. The van der Waals surface area contributed by atoms with Gasteiger partial charge in [-0.1, -0.05) is 18.2 Å². The maximum Gasteiger partial charge on any atom is 0.339 e. The van der Waals surface area contributed by atoms with E-state index in [-0.39, 0.29) is 11.9 Å². The van der Waals surface area contributed by atoms with E-state index >= 15 is 0 Å². The lowest BCUT2D eigenvalue weighted by Crippen LogP contribution is -2.08. The van der Waals surface area contributed by atoms with Crippen molar-refractivity contribution < 1.29 is 14.3 Å². The number of ether oxygens (including phenoxy) is 1. The fourth-order valence-electron chi connectivity index (χ4n) is 2.44. The van der Waals surface area contributed by atoms with Crippen LogP contribution in [-0.2, 0) is 9.53 Å². The van der Waals surface area contributed by atoms with Crippen LogP contribution < -0.4 is 16.0 Å². The molecule has 3 N–H and O–H groups in total. The van der Waals surface area contributed by atoms with Crippen molar-refractivity contribution in [2.24, 2.45) is 0 Å². The number of rotatable bonds is 6. The molecule has 0 spiro atoms. The highest BCUT2D eigenvalue weighted by Crippen LogP contribution is 2.22. The number of amides is 1. The highest BCUT2D eigenvalue weighted by Gasteiger charge is 2.12. The molecular weight excluding hydrogens is 360 g/mol. The molecule has 0 atom stereocenters. The van der Waals surface area contributed by atoms with E-state index in [1.807, 2.05) is 6.07 Å². The Labute approximate surface area is 161 Å². The second-order valence-electron chi connectivity index (χ2n) is 5.71. The Balaban J connectivity index is 1.79. The van der Waals surface area contributed by atoms with Crippen LogP contribution in [0, 0.1) is 0 Å². The molecule has 1 aromatic heterocycles. The van der Waals surface area contributed by atoms with Gasteiger partial charge in [-0.15, -0.1) is 5.10 Å². The predicted molar refractivity (Wildman–Crippen MR) is 105 cm³/mol. The number of para-hydroxylation sites is 1. The molecule has 0 aliphatic rings. The highest BCUT2D eigenvalue weighted by atomic mass is 16.5. The molecule has 0 aliphatic carbocycles. The molecule has 1 amide bonds. The van der Waals surface area contributed by atoms with Crippen molar-refractivity contribution in [2.75, 3.05) is 23.1 Å². The monoisotopic (exact) mass is 378 g/mol. The van der Waals surface area contributed by atoms with Gasteiger partial charge in [0.25, 0.3) is 0 Å². The van der Waals surface area contributed by atoms with E-state index in [0.717, 1.165) is 0 Å². The maximum absolute atomic E-state index is 11.9. The first-order valence-corrected chi connectivity index (χ1v) is 8.34. The van der Waals surface area contributed by atoms with Crippen LogP contribution in [0.1, 0.15) is 17.3 Å². The lowest BCUT2D eigenvalue weighted by molar-refractivity contribution is -0.114. The molecule has 0 saturated heterocycles. The van der Waals surface area contributed by atoms with E-state index in [0.29, 0.717) is 28.4 Å². The van der Waals surface area contributed by atoms with Crippen molar-refractivity contribution in [1.82, 2.24) is 15.2 Å². The molecule has 3 aromatic rings. The third kappa shape index (κ3) is 4.79. The lowest BCUT2D eigenvalue weighted by atomic mass is 10.2. The molecule has 2 aromatic carbocycles. The summed E-state index contributed by atoms with van der Waals surface area (Å²) in [5, 5.41) is 16.6. The number of esters is 1. The van der Waals surface area contributed by atoms with Crippen molar-refractivity contribution >= 4 is 40.7 Å². The van der Waals surface area contributed by atoms with E-state index in [1.54, 1.807) is 42.5 Å². The number of aromatic nitrogens is 3. The van der Waals surface area contributed by atoms with Crippen LogP contribution in [-0.4, -0.2) is 34.2 Å². The highest BCUT2D eigenvalue weighted by molar-refractivity contribution is 5.96. The van der Waals surface area contributed by atoms with Gasteiger partial charge in [-0.3, -0.25) is 4.79 Å². The van der Waals surface area contributed by atoms with Crippen molar-refractivity contribution in [2.45, 2.75) is 6.92 Å². The number of anilines is 5. The second kappa shape index (κ2) is 8.58.